The number of phenolic OH excluding ortho intramolecular Hbond substituents is 1. The molecule has 53 heavy (non-hydrogen) atoms. The summed E-state index contributed by atoms with van der Waals surface area (Å²) < 4.78 is 6.18. The number of rotatable bonds is 12. The summed E-state index contributed by atoms with van der Waals surface area (Å²) >= 11 is 0. The maximum atomic E-state index is 13.1. The summed E-state index contributed by atoms with van der Waals surface area (Å²) in [6, 6.07) is 31.7. The average molecular weight is 713 g/mol. The molecule has 4 aromatic rings. The standard InChI is InChI=1S/C44H48N4O5/c1-2-38(31-9-4-3-5-10-31)42(32-11-16-36(49)17-12-32)33-13-18-37(19-14-33)53-28-7-6-23-46-24-8-25-47(27-26-46)35-15-20-39-34(29-35)30-48(44(39)52)40-21-22-41(50)45-43(40)51/h3-5,9-20,29,40,49H,2,6-8,21-28,30H2,1H3,(H,45,50,51). The van der Waals surface area contributed by atoms with Gasteiger partial charge in [-0.15, -0.1) is 0 Å². The van der Waals surface area contributed by atoms with Crippen molar-refractivity contribution in [3.8, 4) is 11.5 Å². The minimum Gasteiger partial charge on any atom is -0.508 e. The summed E-state index contributed by atoms with van der Waals surface area (Å²) in [6.07, 6.45) is 4.58. The van der Waals surface area contributed by atoms with Gasteiger partial charge < -0.3 is 24.5 Å². The topological polar surface area (TPSA) is 102 Å². The van der Waals surface area contributed by atoms with Gasteiger partial charge in [-0.3, -0.25) is 19.7 Å². The van der Waals surface area contributed by atoms with Gasteiger partial charge in [-0.25, -0.2) is 0 Å². The van der Waals surface area contributed by atoms with Crippen molar-refractivity contribution >= 4 is 34.6 Å². The molecule has 9 heteroatoms. The fourth-order valence-corrected chi connectivity index (χ4v) is 7.86. The zero-order chi connectivity index (χ0) is 36.7. The van der Waals surface area contributed by atoms with E-state index in [0.29, 0.717) is 25.1 Å². The molecule has 0 aliphatic carbocycles. The van der Waals surface area contributed by atoms with Crippen LogP contribution in [0.1, 0.15) is 78.1 Å². The van der Waals surface area contributed by atoms with E-state index in [0.717, 1.165) is 92.1 Å². The van der Waals surface area contributed by atoms with Gasteiger partial charge in [0.25, 0.3) is 5.91 Å². The molecule has 0 saturated carbocycles. The van der Waals surface area contributed by atoms with Crippen molar-refractivity contribution in [1.82, 2.24) is 15.1 Å². The number of carbonyl (C=O) groups is 3. The van der Waals surface area contributed by atoms with Gasteiger partial charge >= 0.3 is 0 Å². The molecule has 3 aliphatic heterocycles. The minimum atomic E-state index is -0.596. The number of unbranched alkanes of at least 4 members (excludes halogenated alkanes) is 1. The molecule has 2 saturated heterocycles. The molecule has 0 radical (unpaired) electrons. The number of nitrogens with one attached hydrogen (secondary N) is 1. The zero-order valence-electron chi connectivity index (χ0n) is 30.4. The number of hydrogen-bond donors (Lipinski definition) is 2. The number of benzene rings is 4. The Morgan fingerprint density at radius 3 is 2.32 bits per heavy atom. The minimum absolute atomic E-state index is 0.134. The highest BCUT2D eigenvalue weighted by atomic mass is 16.5. The van der Waals surface area contributed by atoms with Crippen LogP contribution in [0.4, 0.5) is 5.69 Å². The number of imide groups is 1. The molecule has 0 aromatic heterocycles. The summed E-state index contributed by atoms with van der Waals surface area (Å²) in [5.74, 6) is 0.326. The molecule has 274 valence electrons. The van der Waals surface area contributed by atoms with Crippen LogP contribution >= 0.6 is 0 Å². The quantitative estimate of drug-likeness (QED) is 0.0937. The Hall–Kier alpha value is -5.41. The van der Waals surface area contributed by atoms with Crippen molar-refractivity contribution in [3.05, 3.63) is 125 Å². The monoisotopic (exact) mass is 712 g/mol. The molecular weight excluding hydrogens is 665 g/mol. The highest BCUT2D eigenvalue weighted by Crippen LogP contribution is 2.36. The Bertz CT molecular complexity index is 1960. The number of fused-ring (bicyclic) bond motifs is 1. The first-order valence-electron chi connectivity index (χ1n) is 18.9. The average Bonchev–Trinajstić information content (AvgIpc) is 3.32. The summed E-state index contributed by atoms with van der Waals surface area (Å²) in [5.41, 5.74) is 8.48. The van der Waals surface area contributed by atoms with E-state index in [1.165, 1.54) is 11.1 Å². The number of allylic oxidation sites excluding steroid dienone is 1. The molecule has 9 nitrogen and oxygen atoms in total. The molecule has 2 fully saturated rings. The maximum Gasteiger partial charge on any atom is 0.255 e. The highest BCUT2D eigenvalue weighted by Gasteiger charge is 2.39. The number of anilines is 1. The van der Waals surface area contributed by atoms with Crippen LogP contribution < -0.4 is 15.0 Å². The number of phenols is 1. The summed E-state index contributed by atoms with van der Waals surface area (Å²) in [4.78, 5) is 43.7. The van der Waals surface area contributed by atoms with Crippen molar-refractivity contribution in [2.45, 2.75) is 58.0 Å². The Morgan fingerprint density at radius 2 is 1.58 bits per heavy atom. The number of piperidine rings is 1. The molecule has 3 aliphatic rings. The van der Waals surface area contributed by atoms with Crippen LogP contribution in [0.3, 0.4) is 0 Å². The number of carbonyl (C=O) groups excluding carboxylic acids is 3. The SMILES string of the molecule is CCC(=C(c1ccc(O)cc1)c1ccc(OCCCCN2CCCN(c3ccc4c(c3)CN(C3CCC(=O)NC3=O)C4=O)CC2)cc1)c1ccccc1. The second-order valence-corrected chi connectivity index (χ2v) is 14.1. The van der Waals surface area contributed by atoms with Crippen molar-refractivity contribution in [2.75, 3.05) is 44.2 Å². The van der Waals surface area contributed by atoms with E-state index in [1.807, 2.05) is 30.3 Å². The normalized spacial score (nSPS) is 18.4. The largest absolute Gasteiger partial charge is 0.508 e. The molecule has 3 amide bonds. The fourth-order valence-electron chi connectivity index (χ4n) is 7.86. The van der Waals surface area contributed by atoms with E-state index < -0.39 is 6.04 Å². The van der Waals surface area contributed by atoms with Crippen LogP contribution in [0.25, 0.3) is 11.1 Å². The number of hydrogen-bond acceptors (Lipinski definition) is 7. The van der Waals surface area contributed by atoms with E-state index in [2.05, 4.69) is 76.6 Å². The van der Waals surface area contributed by atoms with Crippen LogP contribution in [0.15, 0.2) is 97.1 Å². The smallest absolute Gasteiger partial charge is 0.255 e. The predicted molar refractivity (Wildman–Crippen MR) is 208 cm³/mol. The lowest BCUT2D eigenvalue weighted by Crippen LogP contribution is -2.52. The van der Waals surface area contributed by atoms with Crippen LogP contribution in [0.5, 0.6) is 11.5 Å². The van der Waals surface area contributed by atoms with Crippen LogP contribution in [0.2, 0.25) is 0 Å². The van der Waals surface area contributed by atoms with Crippen LogP contribution in [0, 0.1) is 0 Å². The van der Waals surface area contributed by atoms with Gasteiger partial charge in [-0.05, 0) is 121 Å². The van der Waals surface area contributed by atoms with Crippen molar-refractivity contribution in [1.29, 1.82) is 0 Å². The first-order valence-corrected chi connectivity index (χ1v) is 18.9. The summed E-state index contributed by atoms with van der Waals surface area (Å²) in [5, 5.41) is 12.3. The van der Waals surface area contributed by atoms with E-state index in [-0.39, 0.29) is 29.9 Å². The molecule has 0 bridgehead atoms. The molecular formula is C44H48N4O5. The number of nitrogens with zero attached hydrogens (tertiary/aromatic N) is 3. The van der Waals surface area contributed by atoms with Crippen LogP contribution in [-0.4, -0.2) is 78.0 Å². The third-order valence-corrected chi connectivity index (χ3v) is 10.7. The van der Waals surface area contributed by atoms with Gasteiger partial charge in [0.15, 0.2) is 0 Å². The van der Waals surface area contributed by atoms with Gasteiger partial charge in [0.1, 0.15) is 17.5 Å². The highest BCUT2D eigenvalue weighted by molar-refractivity contribution is 6.05. The van der Waals surface area contributed by atoms with Gasteiger partial charge in [0, 0.05) is 43.9 Å². The molecule has 3 heterocycles. The van der Waals surface area contributed by atoms with Gasteiger partial charge in [0.05, 0.1) is 6.61 Å². The molecule has 0 spiro atoms. The lowest BCUT2D eigenvalue weighted by molar-refractivity contribution is -0.136. The maximum absolute atomic E-state index is 13.1. The first kappa shape index (κ1) is 36.0. The van der Waals surface area contributed by atoms with Crippen molar-refractivity contribution < 1.29 is 24.2 Å². The Balaban J connectivity index is 0.893. The summed E-state index contributed by atoms with van der Waals surface area (Å²) in [6.45, 7) is 8.15. The Morgan fingerprint density at radius 1 is 0.830 bits per heavy atom. The van der Waals surface area contributed by atoms with E-state index in [4.69, 9.17) is 4.74 Å². The van der Waals surface area contributed by atoms with E-state index in [1.54, 1.807) is 17.0 Å². The van der Waals surface area contributed by atoms with E-state index in [9.17, 15) is 19.5 Å². The number of aromatic hydroxyl groups is 1. The number of ether oxygens (including phenoxy) is 1. The number of amides is 3. The van der Waals surface area contributed by atoms with Gasteiger partial charge in [0.2, 0.25) is 11.8 Å². The molecule has 1 unspecified atom stereocenters. The van der Waals surface area contributed by atoms with Gasteiger partial charge in [-0.1, -0.05) is 61.5 Å². The molecule has 1 atom stereocenters. The zero-order valence-corrected chi connectivity index (χ0v) is 30.4. The molecule has 4 aromatic carbocycles. The molecule has 7 rings (SSSR count). The summed E-state index contributed by atoms with van der Waals surface area (Å²) in [7, 11) is 0. The lowest BCUT2D eigenvalue weighted by Gasteiger charge is -2.29. The fraction of sp³-hybridized carbons (Fsp3) is 0.341. The van der Waals surface area contributed by atoms with Crippen molar-refractivity contribution in [2.24, 2.45) is 0 Å². The lowest BCUT2D eigenvalue weighted by atomic mass is 9.88. The second-order valence-electron chi connectivity index (χ2n) is 14.1. The van der Waals surface area contributed by atoms with E-state index >= 15 is 0 Å². The third-order valence-electron chi connectivity index (χ3n) is 10.7. The first-order chi connectivity index (χ1) is 25.9. The van der Waals surface area contributed by atoms with Crippen LogP contribution in [-0.2, 0) is 16.1 Å². The Kier molecular flexibility index (Phi) is 11.2. The molecule has 2 N–H and O–H groups in total. The van der Waals surface area contributed by atoms with Gasteiger partial charge in [-0.2, -0.15) is 0 Å². The third kappa shape index (κ3) is 8.31. The van der Waals surface area contributed by atoms with Crippen molar-refractivity contribution in [3.63, 3.8) is 0 Å². The Labute approximate surface area is 311 Å². The second kappa shape index (κ2) is 16.5. The predicted octanol–water partition coefficient (Wildman–Crippen LogP) is 6.89.